The summed E-state index contributed by atoms with van der Waals surface area (Å²) in [6.07, 6.45) is 3.82. The standard InChI is InChI=1S/C17H32N2O3/c1-11(17(5,6)21)18-12-9-13-7-8-14(10-12)19(13)15(20)22-16(2,3)4/h11-14,18,21H,7-10H2,1-6H3. The summed E-state index contributed by atoms with van der Waals surface area (Å²) >= 11 is 0. The molecule has 5 heteroatoms. The zero-order valence-corrected chi connectivity index (χ0v) is 14.8. The number of amides is 1. The maximum absolute atomic E-state index is 12.4. The molecule has 0 saturated carbocycles. The monoisotopic (exact) mass is 312 g/mol. The van der Waals surface area contributed by atoms with Crippen LogP contribution in [0.15, 0.2) is 0 Å². The average Bonchev–Trinajstić information content (AvgIpc) is 2.58. The molecule has 0 aliphatic carbocycles. The Bertz CT molecular complexity index is 397. The molecule has 22 heavy (non-hydrogen) atoms. The molecule has 5 nitrogen and oxygen atoms in total. The highest BCUT2D eigenvalue weighted by molar-refractivity contribution is 5.69. The van der Waals surface area contributed by atoms with Gasteiger partial charge in [-0.15, -0.1) is 0 Å². The van der Waals surface area contributed by atoms with Crippen LogP contribution in [0.2, 0.25) is 0 Å². The number of piperidine rings is 1. The van der Waals surface area contributed by atoms with Gasteiger partial charge in [0.2, 0.25) is 0 Å². The molecule has 0 radical (unpaired) electrons. The summed E-state index contributed by atoms with van der Waals surface area (Å²) in [7, 11) is 0. The summed E-state index contributed by atoms with van der Waals surface area (Å²) in [4.78, 5) is 14.4. The summed E-state index contributed by atoms with van der Waals surface area (Å²) in [5, 5.41) is 13.6. The molecule has 3 unspecified atom stereocenters. The van der Waals surface area contributed by atoms with E-state index in [2.05, 4.69) is 5.32 Å². The Hall–Kier alpha value is -0.810. The van der Waals surface area contributed by atoms with Gasteiger partial charge in [0.05, 0.1) is 5.60 Å². The van der Waals surface area contributed by atoms with Gasteiger partial charge in [-0.05, 0) is 67.2 Å². The van der Waals surface area contributed by atoms with E-state index in [1.165, 1.54) is 0 Å². The second kappa shape index (κ2) is 6.00. The lowest BCUT2D eigenvalue weighted by atomic mass is 9.94. The Morgan fingerprint density at radius 2 is 1.68 bits per heavy atom. The molecule has 3 atom stereocenters. The molecule has 2 rings (SSSR count). The molecule has 2 heterocycles. The van der Waals surface area contributed by atoms with Crippen LogP contribution in [0.1, 0.15) is 67.2 Å². The van der Waals surface area contributed by atoms with Crippen molar-refractivity contribution in [3.05, 3.63) is 0 Å². The third-order valence-corrected chi connectivity index (χ3v) is 4.88. The Labute approximate surface area is 134 Å². The zero-order valence-electron chi connectivity index (χ0n) is 14.8. The van der Waals surface area contributed by atoms with E-state index < -0.39 is 11.2 Å². The molecule has 0 aromatic carbocycles. The first-order chi connectivity index (χ1) is 9.97. The SMILES string of the molecule is CC(NC1CC2CCC(C1)N2C(=O)OC(C)(C)C)C(C)(C)O. The van der Waals surface area contributed by atoms with Crippen LogP contribution in [0, 0.1) is 0 Å². The fourth-order valence-corrected chi connectivity index (χ4v) is 3.48. The van der Waals surface area contributed by atoms with Crippen LogP contribution < -0.4 is 5.32 Å². The van der Waals surface area contributed by atoms with Gasteiger partial charge in [0.15, 0.2) is 0 Å². The molecule has 2 fully saturated rings. The third kappa shape index (κ3) is 4.13. The number of nitrogens with zero attached hydrogens (tertiary/aromatic N) is 1. The first-order valence-electron chi connectivity index (χ1n) is 8.47. The van der Waals surface area contributed by atoms with E-state index in [0.29, 0.717) is 6.04 Å². The molecule has 2 aliphatic heterocycles. The van der Waals surface area contributed by atoms with E-state index in [0.717, 1.165) is 25.7 Å². The van der Waals surface area contributed by atoms with Crippen molar-refractivity contribution < 1.29 is 14.6 Å². The van der Waals surface area contributed by atoms with Crippen molar-refractivity contribution in [2.45, 2.75) is 103 Å². The minimum Gasteiger partial charge on any atom is -0.444 e. The van der Waals surface area contributed by atoms with Crippen LogP contribution in [-0.4, -0.2) is 51.5 Å². The summed E-state index contributed by atoms with van der Waals surface area (Å²) in [5.41, 5.74) is -1.18. The zero-order chi connectivity index (χ0) is 16.7. The van der Waals surface area contributed by atoms with E-state index in [4.69, 9.17) is 4.74 Å². The van der Waals surface area contributed by atoms with E-state index in [1.807, 2.05) is 46.4 Å². The molecule has 128 valence electrons. The average molecular weight is 312 g/mol. The summed E-state index contributed by atoms with van der Waals surface area (Å²) in [6, 6.07) is 0.919. The van der Waals surface area contributed by atoms with Gasteiger partial charge in [-0.1, -0.05) is 0 Å². The normalized spacial score (nSPS) is 30.3. The van der Waals surface area contributed by atoms with Crippen molar-refractivity contribution in [3.63, 3.8) is 0 Å². The Kier molecular flexibility index (Phi) is 4.79. The van der Waals surface area contributed by atoms with Gasteiger partial charge >= 0.3 is 6.09 Å². The summed E-state index contributed by atoms with van der Waals surface area (Å²) in [6.45, 7) is 11.4. The molecule has 2 N–H and O–H groups in total. The lowest BCUT2D eigenvalue weighted by Crippen LogP contribution is -2.56. The van der Waals surface area contributed by atoms with E-state index in [1.54, 1.807) is 0 Å². The minimum atomic E-state index is -0.735. The minimum absolute atomic E-state index is 0.0324. The number of rotatable bonds is 3. The number of carbonyl (C=O) groups excluding carboxylic acids is 1. The summed E-state index contributed by atoms with van der Waals surface area (Å²) in [5.74, 6) is 0. The molecule has 0 spiro atoms. The smallest absolute Gasteiger partial charge is 0.410 e. The molecular formula is C17H32N2O3. The Morgan fingerprint density at radius 1 is 1.18 bits per heavy atom. The number of aliphatic hydroxyl groups is 1. The van der Waals surface area contributed by atoms with Gasteiger partial charge in [-0.3, -0.25) is 0 Å². The Balaban J connectivity index is 1.96. The second-order valence-electron chi connectivity index (χ2n) is 8.48. The van der Waals surface area contributed by atoms with Gasteiger partial charge in [0.1, 0.15) is 5.60 Å². The summed E-state index contributed by atoms with van der Waals surface area (Å²) < 4.78 is 5.56. The van der Waals surface area contributed by atoms with Crippen molar-refractivity contribution in [2.75, 3.05) is 0 Å². The van der Waals surface area contributed by atoms with Crippen molar-refractivity contribution in [3.8, 4) is 0 Å². The quantitative estimate of drug-likeness (QED) is 0.841. The van der Waals surface area contributed by atoms with Gasteiger partial charge in [-0.25, -0.2) is 4.79 Å². The fraction of sp³-hybridized carbons (Fsp3) is 0.941. The van der Waals surface area contributed by atoms with Crippen LogP contribution in [0.25, 0.3) is 0 Å². The van der Waals surface area contributed by atoms with Gasteiger partial charge in [0, 0.05) is 24.2 Å². The molecular weight excluding hydrogens is 280 g/mol. The fourth-order valence-electron chi connectivity index (χ4n) is 3.48. The molecule has 2 bridgehead atoms. The highest BCUT2D eigenvalue weighted by Crippen LogP contribution is 2.37. The van der Waals surface area contributed by atoms with Crippen molar-refractivity contribution in [2.24, 2.45) is 0 Å². The van der Waals surface area contributed by atoms with Crippen LogP contribution in [0.5, 0.6) is 0 Å². The molecule has 2 aliphatic rings. The molecule has 0 aromatic rings. The third-order valence-electron chi connectivity index (χ3n) is 4.88. The van der Waals surface area contributed by atoms with E-state index in [9.17, 15) is 9.90 Å². The highest BCUT2D eigenvalue weighted by Gasteiger charge is 2.45. The first kappa shape index (κ1) is 17.5. The second-order valence-corrected chi connectivity index (χ2v) is 8.48. The largest absolute Gasteiger partial charge is 0.444 e. The number of nitrogens with one attached hydrogen (secondary N) is 1. The van der Waals surface area contributed by atoms with Crippen LogP contribution in [-0.2, 0) is 4.74 Å². The maximum atomic E-state index is 12.4. The lowest BCUT2D eigenvalue weighted by molar-refractivity contribution is -0.000806. The highest BCUT2D eigenvalue weighted by atomic mass is 16.6. The predicted molar refractivity (Wildman–Crippen MR) is 86.8 cm³/mol. The van der Waals surface area contributed by atoms with Gasteiger partial charge < -0.3 is 20.1 Å². The number of ether oxygens (including phenoxy) is 1. The molecule has 0 aromatic heterocycles. The Morgan fingerprint density at radius 3 is 2.09 bits per heavy atom. The van der Waals surface area contributed by atoms with Gasteiger partial charge in [-0.2, -0.15) is 0 Å². The maximum Gasteiger partial charge on any atom is 0.410 e. The molecule has 1 amide bonds. The van der Waals surface area contributed by atoms with Gasteiger partial charge in [0.25, 0.3) is 0 Å². The topological polar surface area (TPSA) is 61.8 Å². The molecule has 2 saturated heterocycles. The van der Waals surface area contributed by atoms with E-state index >= 15 is 0 Å². The first-order valence-corrected chi connectivity index (χ1v) is 8.47. The number of carbonyl (C=O) groups is 1. The van der Waals surface area contributed by atoms with Crippen molar-refractivity contribution >= 4 is 6.09 Å². The lowest BCUT2D eigenvalue weighted by Gasteiger charge is -2.41. The van der Waals surface area contributed by atoms with Crippen molar-refractivity contribution in [1.29, 1.82) is 0 Å². The van der Waals surface area contributed by atoms with Crippen molar-refractivity contribution in [1.82, 2.24) is 10.2 Å². The van der Waals surface area contributed by atoms with Crippen LogP contribution in [0.4, 0.5) is 4.79 Å². The number of hydrogen-bond acceptors (Lipinski definition) is 4. The number of fused-ring (bicyclic) bond motifs is 2. The predicted octanol–water partition coefficient (Wildman–Crippen LogP) is 2.67. The van der Waals surface area contributed by atoms with E-state index in [-0.39, 0.29) is 24.2 Å². The number of hydrogen-bond donors (Lipinski definition) is 2. The van der Waals surface area contributed by atoms with Crippen LogP contribution >= 0.6 is 0 Å². The van der Waals surface area contributed by atoms with Crippen LogP contribution in [0.3, 0.4) is 0 Å².